The highest BCUT2D eigenvalue weighted by molar-refractivity contribution is 5.76. The summed E-state index contributed by atoms with van der Waals surface area (Å²) in [7, 11) is 1.61. The molecule has 2 heterocycles. The van der Waals surface area contributed by atoms with Gasteiger partial charge in [0.05, 0.1) is 0 Å². The van der Waals surface area contributed by atoms with Crippen LogP contribution in [0.1, 0.15) is 0 Å². The number of benzene rings is 1. The number of aromatic nitrogens is 4. The Hall–Kier alpha value is -2.89. The Kier molecular flexibility index (Phi) is 3.06. The minimum atomic E-state index is -0.479. The fourth-order valence-electron chi connectivity index (χ4n) is 2.38. The molecule has 0 bridgehead atoms. The lowest BCUT2D eigenvalue weighted by atomic mass is 10.2. The lowest BCUT2D eigenvalue weighted by Gasteiger charge is -2.08. The zero-order valence-corrected chi connectivity index (χ0v) is 11.5. The van der Waals surface area contributed by atoms with Crippen LogP contribution in [0.4, 0.5) is 0 Å². The zero-order valence-electron chi connectivity index (χ0n) is 11.5. The number of aromatic amines is 1. The fraction of sp³-hybridized carbons (Fsp3) is 0.133. The molecule has 3 aromatic rings. The first-order valence-corrected chi connectivity index (χ1v) is 6.49. The first-order valence-electron chi connectivity index (χ1n) is 6.49. The maximum Gasteiger partial charge on any atom is 0.329 e. The molecule has 0 spiro atoms. The molecule has 0 aliphatic carbocycles. The van der Waals surface area contributed by atoms with Crippen LogP contribution in [0, 0.1) is 0 Å². The number of hydrogen-bond acceptors (Lipinski definition) is 3. The Labute approximate surface area is 120 Å². The largest absolute Gasteiger partial charge is 0.329 e. The van der Waals surface area contributed by atoms with Gasteiger partial charge in [-0.25, -0.2) is 9.78 Å². The second-order valence-corrected chi connectivity index (χ2v) is 4.69. The number of nitrogens with zero attached hydrogens (tertiary/aromatic N) is 3. The van der Waals surface area contributed by atoms with Gasteiger partial charge >= 0.3 is 5.69 Å². The molecule has 6 heteroatoms. The summed E-state index contributed by atoms with van der Waals surface area (Å²) in [6.07, 6.45) is 1.71. The summed E-state index contributed by atoms with van der Waals surface area (Å²) in [5.74, 6) is 0.636. The van der Waals surface area contributed by atoms with Gasteiger partial charge in [-0.2, -0.15) is 0 Å². The number of fused-ring (bicyclic) bond motifs is 1. The van der Waals surface area contributed by atoms with Crippen LogP contribution in [0.3, 0.4) is 0 Å². The van der Waals surface area contributed by atoms with E-state index in [0.29, 0.717) is 18.0 Å². The number of hydrogen-bond donors (Lipinski definition) is 1. The molecule has 0 amide bonds. The molecule has 0 saturated heterocycles. The maximum absolute atomic E-state index is 12.0. The molecule has 106 valence electrons. The molecule has 1 N–H and O–H groups in total. The van der Waals surface area contributed by atoms with E-state index in [1.807, 2.05) is 34.9 Å². The topological polar surface area (TPSA) is 72.7 Å². The first-order chi connectivity index (χ1) is 10.1. The lowest BCUT2D eigenvalue weighted by molar-refractivity contribution is 0.769. The van der Waals surface area contributed by atoms with Crippen LogP contribution in [0.25, 0.3) is 22.6 Å². The summed E-state index contributed by atoms with van der Waals surface area (Å²) in [4.78, 5) is 30.5. The Morgan fingerprint density at radius 2 is 2.00 bits per heavy atom. The van der Waals surface area contributed by atoms with Gasteiger partial charge in [-0.15, -0.1) is 6.58 Å². The van der Waals surface area contributed by atoms with Crippen molar-refractivity contribution in [1.82, 2.24) is 19.1 Å². The van der Waals surface area contributed by atoms with E-state index >= 15 is 0 Å². The Balaban J connectivity index is 2.47. The van der Waals surface area contributed by atoms with Crippen molar-refractivity contribution < 1.29 is 0 Å². The minimum absolute atomic E-state index is 0.248. The smallest absolute Gasteiger partial charge is 0.306 e. The van der Waals surface area contributed by atoms with Crippen molar-refractivity contribution in [2.75, 3.05) is 0 Å². The van der Waals surface area contributed by atoms with Crippen LogP contribution in [-0.2, 0) is 13.6 Å². The molecule has 6 nitrogen and oxygen atoms in total. The number of allylic oxidation sites excluding steroid dienone is 1. The second-order valence-electron chi connectivity index (χ2n) is 4.69. The van der Waals surface area contributed by atoms with E-state index in [-0.39, 0.29) is 5.52 Å². The molecule has 2 aromatic heterocycles. The van der Waals surface area contributed by atoms with E-state index in [4.69, 9.17) is 0 Å². The molecule has 0 atom stereocenters. The van der Waals surface area contributed by atoms with Crippen molar-refractivity contribution >= 4 is 11.2 Å². The van der Waals surface area contributed by atoms with Crippen molar-refractivity contribution in [3.8, 4) is 11.4 Å². The third kappa shape index (κ3) is 2.01. The predicted molar refractivity (Wildman–Crippen MR) is 81.2 cm³/mol. The summed E-state index contributed by atoms with van der Waals surface area (Å²) in [5, 5.41) is 0. The summed E-state index contributed by atoms with van der Waals surface area (Å²) >= 11 is 0. The van der Waals surface area contributed by atoms with E-state index in [9.17, 15) is 9.59 Å². The van der Waals surface area contributed by atoms with Gasteiger partial charge in [0.2, 0.25) is 0 Å². The standard InChI is InChI=1S/C15H14N4O2/c1-3-9-19-12(10-7-5-4-6-8-10)16-11-13(20)17-15(21)18(2)14(11)19/h3-8H,1,9H2,2H3,(H,17,20,21). The molecule has 0 radical (unpaired) electrons. The van der Waals surface area contributed by atoms with Gasteiger partial charge in [0.1, 0.15) is 5.82 Å². The van der Waals surface area contributed by atoms with Crippen LogP contribution < -0.4 is 11.2 Å². The van der Waals surface area contributed by atoms with Crippen molar-refractivity contribution in [2.45, 2.75) is 6.54 Å². The molecule has 1 aromatic carbocycles. The number of rotatable bonds is 3. The zero-order chi connectivity index (χ0) is 15.0. The molecule has 0 saturated carbocycles. The monoisotopic (exact) mass is 282 g/mol. The van der Waals surface area contributed by atoms with E-state index in [1.54, 1.807) is 13.1 Å². The van der Waals surface area contributed by atoms with Crippen molar-refractivity contribution in [2.24, 2.45) is 7.05 Å². The van der Waals surface area contributed by atoms with Crippen LogP contribution in [0.5, 0.6) is 0 Å². The molecular weight excluding hydrogens is 268 g/mol. The number of imidazole rings is 1. The fourth-order valence-corrected chi connectivity index (χ4v) is 2.38. The third-order valence-corrected chi connectivity index (χ3v) is 3.34. The minimum Gasteiger partial charge on any atom is -0.306 e. The summed E-state index contributed by atoms with van der Waals surface area (Å²) in [5.41, 5.74) is 0.674. The van der Waals surface area contributed by atoms with E-state index in [0.717, 1.165) is 5.56 Å². The lowest BCUT2D eigenvalue weighted by Crippen LogP contribution is -2.29. The van der Waals surface area contributed by atoms with Gasteiger partial charge in [-0.1, -0.05) is 36.4 Å². The van der Waals surface area contributed by atoms with Gasteiger partial charge < -0.3 is 4.57 Å². The van der Waals surface area contributed by atoms with E-state index < -0.39 is 11.2 Å². The predicted octanol–water partition coefficient (Wildman–Crippen LogP) is 1.28. The van der Waals surface area contributed by atoms with Crippen molar-refractivity contribution in [3.63, 3.8) is 0 Å². The molecule has 0 aliphatic rings. The van der Waals surface area contributed by atoms with Crippen LogP contribution >= 0.6 is 0 Å². The molecular formula is C15H14N4O2. The van der Waals surface area contributed by atoms with Gasteiger partial charge in [0.15, 0.2) is 11.2 Å². The SMILES string of the molecule is C=CCn1c(-c2ccccc2)nc2c(=O)[nH]c(=O)n(C)c21. The second kappa shape index (κ2) is 4.90. The maximum atomic E-state index is 12.0. The molecule has 21 heavy (non-hydrogen) atoms. The van der Waals surface area contributed by atoms with Crippen molar-refractivity contribution in [1.29, 1.82) is 0 Å². The van der Waals surface area contributed by atoms with Gasteiger partial charge in [0.25, 0.3) is 5.56 Å². The van der Waals surface area contributed by atoms with Gasteiger partial charge in [0, 0.05) is 19.2 Å². The highest BCUT2D eigenvalue weighted by Crippen LogP contribution is 2.22. The highest BCUT2D eigenvalue weighted by Gasteiger charge is 2.17. The van der Waals surface area contributed by atoms with Gasteiger partial charge in [-0.3, -0.25) is 14.3 Å². The Morgan fingerprint density at radius 3 is 2.67 bits per heavy atom. The van der Waals surface area contributed by atoms with Crippen molar-refractivity contribution in [3.05, 3.63) is 63.8 Å². The summed E-state index contributed by atoms with van der Waals surface area (Å²) in [6.45, 7) is 4.19. The normalized spacial score (nSPS) is 10.9. The van der Waals surface area contributed by atoms with Crippen LogP contribution in [0.15, 0.2) is 52.6 Å². The number of aryl methyl sites for hydroxylation is 1. The van der Waals surface area contributed by atoms with E-state index in [2.05, 4.69) is 16.5 Å². The average Bonchev–Trinajstić information content (AvgIpc) is 2.86. The molecule has 0 unspecified atom stereocenters. The summed E-state index contributed by atoms with van der Waals surface area (Å²) < 4.78 is 3.20. The Bertz CT molecular complexity index is 932. The van der Waals surface area contributed by atoms with E-state index in [1.165, 1.54) is 4.57 Å². The number of nitrogens with one attached hydrogen (secondary N) is 1. The van der Waals surface area contributed by atoms with Gasteiger partial charge in [-0.05, 0) is 0 Å². The van der Waals surface area contributed by atoms with Crippen LogP contribution in [-0.4, -0.2) is 19.1 Å². The highest BCUT2D eigenvalue weighted by atomic mass is 16.2. The average molecular weight is 282 g/mol. The third-order valence-electron chi connectivity index (χ3n) is 3.34. The first kappa shape index (κ1) is 13.1. The molecule has 0 aliphatic heterocycles. The Morgan fingerprint density at radius 1 is 1.29 bits per heavy atom. The number of H-pyrrole nitrogens is 1. The molecule has 0 fully saturated rings. The summed E-state index contributed by atoms with van der Waals surface area (Å²) in [6, 6.07) is 9.53. The quantitative estimate of drug-likeness (QED) is 0.735. The molecule has 3 rings (SSSR count). The van der Waals surface area contributed by atoms with Crippen LogP contribution in [0.2, 0.25) is 0 Å².